The first-order valence-electron chi connectivity index (χ1n) is 4.14. The fourth-order valence-electron chi connectivity index (χ4n) is 1.54. The molecule has 1 unspecified atom stereocenters. The first kappa shape index (κ1) is 7.93. The number of nitrogens with zero attached hydrogens (tertiary/aromatic N) is 1. The summed E-state index contributed by atoms with van der Waals surface area (Å²) in [6, 6.07) is 7.15. The molecule has 66 valence electrons. The molecule has 1 N–H and O–H groups in total. The Kier molecular flexibility index (Phi) is 1.82. The average Bonchev–Trinajstić information content (AvgIpc) is 2.49. The second-order valence-corrected chi connectivity index (χ2v) is 3.09. The van der Waals surface area contributed by atoms with Crippen LogP contribution in [0.25, 0.3) is 0 Å². The summed E-state index contributed by atoms with van der Waals surface area (Å²) < 4.78 is 5.33. The lowest BCUT2D eigenvalue weighted by atomic mass is 9.99. The molecule has 1 aliphatic heterocycles. The van der Waals surface area contributed by atoms with E-state index in [1.807, 2.05) is 6.07 Å². The lowest BCUT2D eigenvalue weighted by Gasteiger charge is -2.01. The number of rotatable bonds is 1. The van der Waals surface area contributed by atoms with Gasteiger partial charge in [0.2, 0.25) is 0 Å². The number of aromatic hydroxyl groups is 1. The van der Waals surface area contributed by atoms with Crippen LogP contribution in [0.2, 0.25) is 0 Å². The Bertz CT molecular complexity index is 368. The highest BCUT2D eigenvalue weighted by Crippen LogP contribution is 2.37. The van der Waals surface area contributed by atoms with E-state index >= 15 is 0 Å². The molecule has 3 heteroatoms. The van der Waals surface area contributed by atoms with Gasteiger partial charge in [0.05, 0.1) is 12.7 Å². The molecule has 13 heavy (non-hydrogen) atoms. The average molecular weight is 175 g/mol. The molecular weight excluding hydrogens is 166 g/mol. The molecule has 0 saturated carbocycles. The summed E-state index contributed by atoms with van der Waals surface area (Å²) in [6.07, 6.45) is 0.470. The molecule has 0 aromatic heterocycles. The van der Waals surface area contributed by atoms with E-state index in [2.05, 4.69) is 6.07 Å². The van der Waals surface area contributed by atoms with Crippen LogP contribution in [0.5, 0.6) is 11.5 Å². The van der Waals surface area contributed by atoms with Crippen LogP contribution in [-0.2, 0) is 0 Å². The summed E-state index contributed by atoms with van der Waals surface area (Å²) >= 11 is 0. The van der Waals surface area contributed by atoms with Crippen LogP contribution in [0.3, 0.4) is 0 Å². The van der Waals surface area contributed by atoms with E-state index in [0.717, 1.165) is 5.56 Å². The van der Waals surface area contributed by atoms with Crippen molar-refractivity contribution in [1.29, 1.82) is 5.26 Å². The summed E-state index contributed by atoms with van der Waals surface area (Å²) in [5.74, 6) is 1.08. The van der Waals surface area contributed by atoms with Gasteiger partial charge in [-0.2, -0.15) is 5.26 Å². The summed E-state index contributed by atoms with van der Waals surface area (Å²) in [4.78, 5) is 0. The molecule has 1 heterocycles. The fourth-order valence-corrected chi connectivity index (χ4v) is 1.54. The van der Waals surface area contributed by atoms with Gasteiger partial charge in [0.1, 0.15) is 11.5 Å². The van der Waals surface area contributed by atoms with Gasteiger partial charge in [-0.15, -0.1) is 0 Å². The summed E-state index contributed by atoms with van der Waals surface area (Å²) in [6.45, 7) is 0.548. The third-order valence-corrected chi connectivity index (χ3v) is 2.21. The normalized spacial score (nSPS) is 18.8. The van der Waals surface area contributed by atoms with E-state index in [1.54, 1.807) is 12.1 Å². The number of ether oxygens (including phenoxy) is 1. The van der Waals surface area contributed by atoms with E-state index in [0.29, 0.717) is 18.8 Å². The second kappa shape index (κ2) is 2.98. The molecule has 0 radical (unpaired) electrons. The van der Waals surface area contributed by atoms with Crippen molar-refractivity contribution in [3.63, 3.8) is 0 Å². The molecule has 3 nitrogen and oxygen atoms in total. The quantitative estimate of drug-likeness (QED) is 0.707. The van der Waals surface area contributed by atoms with E-state index in [-0.39, 0.29) is 11.7 Å². The molecule has 1 aromatic carbocycles. The molecule has 0 saturated heterocycles. The highest BCUT2D eigenvalue weighted by Gasteiger charge is 2.23. The monoisotopic (exact) mass is 175 g/mol. The third-order valence-electron chi connectivity index (χ3n) is 2.21. The minimum absolute atomic E-state index is 0.167. The van der Waals surface area contributed by atoms with E-state index in [1.165, 1.54) is 0 Å². The van der Waals surface area contributed by atoms with Crippen LogP contribution in [0.15, 0.2) is 18.2 Å². The molecule has 1 aliphatic rings. The van der Waals surface area contributed by atoms with Crippen LogP contribution in [0.4, 0.5) is 0 Å². The molecule has 2 rings (SSSR count). The third kappa shape index (κ3) is 1.31. The maximum absolute atomic E-state index is 9.17. The van der Waals surface area contributed by atoms with Crippen LogP contribution >= 0.6 is 0 Å². The van der Waals surface area contributed by atoms with Crippen molar-refractivity contribution in [3.8, 4) is 17.6 Å². The summed E-state index contributed by atoms with van der Waals surface area (Å²) in [7, 11) is 0. The first-order chi connectivity index (χ1) is 6.31. The highest BCUT2D eigenvalue weighted by atomic mass is 16.5. The minimum Gasteiger partial charge on any atom is -0.508 e. The predicted molar refractivity (Wildman–Crippen MR) is 46.6 cm³/mol. The Balaban J connectivity index is 2.34. The van der Waals surface area contributed by atoms with Gasteiger partial charge in [-0.25, -0.2) is 0 Å². The van der Waals surface area contributed by atoms with Gasteiger partial charge in [-0.05, 0) is 6.07 Å². The summed E-state index contributed by atoms with van der Waals surface area (Å²) in [5, 5.41) is 17.7. The number of fused-ring (bicyclic) bond motifs is 1. The lowest BCUT2D eigenvalue weighted by Crippen LogP contribution is -1.98. The Hall–Kier alpha value is -1.69. The van der Waals surface area contributed by atoms with Crippen molar-refractivity contribution in [2.75, 3.05) is 6.61 Å². The molecule has 0 spiro atoms. The van der Waals surface area contributed by atoms with Crippen molar-refractivity contribution in [3.05, 3.63) is 23.8 Å². The topological polar surface area (TPSA) is 53.2 Å². The minimum atomic E-state index is 0.167. The Morgan fingerprint density at radius 2 is 2.46 bits per heavy atom. The predicted octanol–water partition coefficient (Wildman–Crippen LogP) is 1.78. The fraction of sp³-hybridized carbons (Fsp3) is 0.300. The number of phenolic OH excluding ortho intramolecular Hbond substituents is 1. The Labute approximate surface area is 76.2 Å². The summed E-state index contributed by atoms with van der Waals surface area (Å²) in [5.41, 5.74) is 1.03. The van der Waals surface area contributed by atoms with Gasteiger partial charge in [-0.3, -0.25) is 0 Å². The van der Waals surface area contributed by atoms with Crippen LogP contribution in [-0.4, -0.2) is 11.7 Å². The van der Waals surface area contributed by atoms with Gasteiger partial charge >= 0.3 is 0 Å². The van der Waals surface area contributed by atoms with Gasteiger partial charge < -0.3 is 9.84 Å². The van der Waals surface area contributed by atoms with E-state index < -0.39 is 0 Å². The molecule has 0 amide bonds. The van der Waals surface area contributed by atoms with Gasteiger partial charge in [0.25, 0.3) is 0 Å². The SMILES string of the molecule is N#CCC1COc2cc(O)ccc21. The van der Waals surface area contributed by atoms with Crippen molar-refractivity contribution in [1.82, 2.24) is 0 Å². The molecule has 1 aromatic rings. The smallest absolute Gasteiger partial charge is 0.126 e. The number of phenols is 1. The molecule has 0 fully saturated rings. The molecular formula is C10H9NO2. The van der Waals surface area contributed by atoms with Crippen molar-refractivity contribution in [2.45, 2.75) is 12.3 Å². The van der Waals surface area contributed by atoms with E-state index in [4.69, 9.17) is 15.1 Å². The Morgan fingerprint density at radius 1 is 1.62 bits per heavy atom. The largest absolute Gasteiger partial charge is 0.508 e. The molecule has 1 atom stereocenters. The van der Waals surface area contributed by atoms with Crippen molar-refractivity contribution in [2.24, 2.45) is 0 Å². The number of hydrogen-bond donors (Lipinski definition) is 1. The van der Waals surface area contributed by atoms with Gasteiger partial charge in [0, 0.05) is 24.0 Å². The number of benzene rings is 1. The van der Waals surface area contributed by atoms with Crippen molar-refractivity contribution >= 4 is 0 Å². The highest BCUT2D eigenvalue weighted by molar-refractivity contribution is 5.44. The maximum Gasteiger partial charge on any atom is 0.126 e. The Morgan fingerprint density at radius 3 is 3.23 bits per heavy atom. The van der Waals surface area contributed by atoms with Crippen LogP contribution in [0.1, 0.15) is 17.9 Å². The molecule has 0 aliphatic carbocycles. The zero-order valence-electron chi connectivity index (χ0n) is 7.03. The maximum atomic E-state index is 9.17. The van der Waals surface area contributed by atoms with Crippen LogP contribution in [0, 0.1) is 11.3 Å². The number of hydrogen-bond acceptors (Lipinski definition) is 3. The standard InChI is InChI=1S/C10H9NO2/c11-4-3-7-6-13-10-5-8(12)1-2-9(7)10/h1-2,5,7,12H,3,6H2. The first-order valence-corrected chi connectivity index (χ1v) is 4.14. The van der Waals surface area contributed by atoms with Crippen LogP contribution < -0.4 is 4.74 Å². The van der Waals surface area contributed by atoms with E-state index in [9.17, 15) is 0 Å². The zero-order chi connectivity index (χ0) is 9.26. The van der Waals surface area contributed by atoms with Gasteiger partial charge in [0.15, 0.2) is 0 Å². The zero-order valence-corrected chi connectivity index (χ0v) is 7.03. The second-order valence-electron chi connectivity index (χ2n) is 3.09. The number of nitriles is 1. The van der Waals surface area contributed by atoms with Crippen molar-refractivity contribution < 1.29 is 9.84 Å². The van der Waals surface area contributed by atoms with Gasteiger partial charge in [-0.1, -0.05) is 6.07 Å². The lowest BCUT2D eigenvalue weighted by molar-refractivity contribution is 0.330. The molecule has 0 bridgehead atoms.